The van der Waals surface area contributed by atoms with Crippen molar-refractivity contribution in [1.82, 2.24) is 14.8 Å². The van der Waals surface area contributed by atoms with Crippen LogP contribution in [0, 0.1) is 5.92 Å². The van der Waals surface area contributed by atoms with Crippen LogP contribution in [0.1, 0.15) is 37.9 Å². The Bertz CT molecular complexity index is 483. The van der Waals surface area contributed by atoms with Gasteiger partial charge in [-0.05, 0) is 49.5 Å². The average molecular weight is 324 g/mol. The predicted molar refractivity (Wildman–Crippen MR) is 96.2 cm³/mol. The number of likely N-dealkylation sites (tertiary alicyclic amines) is 1. The molecule has 2 rings (SSSR count). The van der Waals surface area contributed by atoms with Crippen molar-refractivity contribution < 1.29 is 4.90 Å². The quantitative estimate of drug-likeness (QED) is 0.815. The van der Waals surface area contributed by atoms with Gasteiger partial charge in [0.25, 0.3) is 0 Å². The molecule has 1 aliphatic heterocycles. The number of nitrogens with zero attached hydrogens (tertiary/aromatic N) is 2. The zero-order chi connectivity index (χ0) is 16.1. The van der Waals surface area contributed by atoms with Gasteiger partial charge in [0, 0.05) is 25.5 Å². The van der Waals surface area contributed by atoms with E-state index in [1.54, 1.807) is 0 Å². The molecule has 2 atom stereocenters. The number of hydrogen-bond donors (Lipinski definition) is 2. The number of quaternary nitrogens is 1. The van der Waals surface area contributed by atoms with Crippen LogP contribution >= 0.6 is 12.2 Å². The summed E-state index contributed by atoms with van der Waals surface area (Å²) in [5, 5.41) is 4.38. The van der Waals surface area contributed by atoms with E-state index in [1.165, 1.54) is 29.9 Å². The Morgan fingerprint density at radius 1 is 1.36 bits per heavy atom. The molecular formula is C17H31N4S+. The highest BCUT2D eigenvalue weighted by Gasteiger charge is 2.28. The Kier molecular flexibility index (Phi) is 6.26. The summed E-state index contributed by atoms with van der Waals surface area (Å²) >= 11 is 5.72. The van der Waals surface area contributed by atoms with Crippen LogP contribution in [-0.4, -0.2) is 48.3 Å². The molecule has 1 aromatic rings. The molecular weight excluding hydrogens is 292 g/mol. The molecule has 0 bridgehead atoms. The zero-order valence-corrected chi connectivity index (χ0v) is 15.2. The van der Waals surface area contributed by atoms with Gasteiger partial charge in [-0.2, -0.15) is 0 Å². The third-order valence-corrected chi connectivity index (χ3v) is 5.04. The number of likely N-dealkylation sites (N-methyl/N-ethyl adjacent to an activating group) is 1. The van der Waals surface area contributed by atoms with Crippen LogP contribution in [0.15, 0.2) is 18.3 Å². The molecule has 0 aliphatic carbocycles. The second kappa shape index (κ2) is 7.97. The van der Waals surface area contributed by atoms with Gasteiger partial charge in [0.05, 0.1) is 33.2 Å². The summed E-state index contributed by atoms with van der Waals surface area (Å²) in [6.07, 6.45) is 5.81. The van der Waals surface area contributed by atoms with Crippen LogP contribution in [0.5, 0.6) is 0 Å². The molecule has 2 N–H and O–H groups in total. The fraction of sp³-hybridized carbons (Fsp3) is 0.706. The van der Waals surface area contributed by atoms with Crippen molar-refractivity contribution in [2.75, 3.05) is 33.7 Å². The lowest BCUT2D eigenvalue weighted by Gasteiger charge is -2.33. The van der Waals surface area contributed by atoms with E-state index < -0.39 is 0 Å². The monoisotopic (exact) mass is 323 g/mol. The van der Waals surface area contributed by atoms with Gasteiger partial charge in [0.2, 0.25) is 0 Å². The lowest BCUT2D eigenvalue weighted by atomic mass is 10.0. The summed E-state index contributed by atoms with van der Waals surface area (Å²) in [5.41, 5.74) is 1.37. The third-order valence-electron chi connectivity index (χ3n) is 4.66. The van der Waals surface area contributed by atoms with E-state index in [9.17, 15) is 0 Å². The SMILES string of the molecule is C[C@@H]1CC[C@H](c2cccn2C)N(C(=S)NCC[NH+](C)C)CC1. The van der Waals surface area contributed by atoms with Crippen molar-refractivity contribution in [3.8, 4) is 0 Å². The normalized spacial score (nSPS) is 22.7. The van der Waals surface area contributed by atoms with E-state index in [1.807, 2.05) is 0 Å². The number of aromatic nitrogens is 1. The van der Waals surface area contributed by atoms with Gasteiger partial charge in [0.15, 0.2) is 5.11 Å². The van der Waals surface area contributed by atoms with Crippen molar-refractivity contribution in [2.24, 2.45) is 13.0 Å². The van der Waals surface area contributed by atoms with Crippen LogP contribution in [0.25, 0.3) is 0 Å². The summed E-state index contributed by atoms with van der Waals surface area (Å²) in [4.78, 5) is 3.86. The smallest absolute Gasteiger partial charge is 0.169 e. The molecule has 124 valence electrons. The lowest BCUT2D eigenvalue weighted by molar-refractivity contribution is -0.856. The number of rotatable bonds is 4. The molecule has 1 aromatic heterocycles. The molecule has 0 spiro atoms. The summed E-state index contributed by atoms with van der Waals surface area (Å²) in [6, 6.07) is 4.77. The van der Waals surface area contributed by atoms with Crippen molar-refractivity contribution in [3.63, 3.8) is 0 Å². The fourth-order valence-corrected chi connectivity index (χ4v) is 3.47. The minimum Gasteiger partial charge on any atom is -0.357 e. The highest BCUT2D eigenvalue weighted by Crippen LogP contribution is 2.32. The second-order valence-corrected chi connectivity index (χ2v) is 7.30. The molecule has 1 fully saturated rings. The highest BCUT2D eigenvalue weighted by molar-refractivity contribution is 7.80. The zero-order valence-electron chi connectivity index (χ0n) is 14.4. The third kappa shape index (κ3) is 4.46. The Hall–Kier alpha value is -1.07. The second-order valence-electron chi connectivity index (χ2n) is 6.91. The first kappa shape index (κ1) is 17.3. The van der Waals surface area contributed by atoms with Crippen molar-refractivity contribution >= 4 is 17.3 Å². The van der Waals surface area contributed by atoms with E-state index in [2.05, 4.69) is 61.2 Å². The van der Waals surface area contributed by atoms with Gasteiger partial charge in [-0.3, -0.25) is 0 Å². The molecule has 0 aromatic carbocycles. The minimum atomic E-state index is 0.400. The van der Waals surface area contributed by atoms with Gasteiger partial charge in [-0.15, -0.1) is 0 Å². The van der Waals surface area contributed by atoms with E-state index in [0.29, 0.717) is 6.04 Å². The van der Waals surface area contributed by atoms with E-state index in [0.717, 1.165) is 30.7 Å². The van der Waals surface area contributed by atoms with Crippen LogP contribution in [0.3, 0.4) is 0 Å². The Balaban J connectivity index is 2.09. The number of aryl methyl sites for hydroxylation is 1. The van der Waals surface area contributed by atoms with E-state index in [4.69, 9.17) is 12.2 Å². The summed E-state index contributed by atoms with van der Waals surface area (Å²) in [5.74, 6) is 0.779. The van der Waals surface area contributed by atoms with Gasteiger partial charge < -0.3 is 19.7 Å². The van der Waals surface area contributed by atoms with Crippen LogP contribution in [0.4, 0.5) is 0 Å². The number of nitrogens with one attached hydrogen (secondary N) is 2. The minimum absolute atomic E-state index is 0.400. The van der Waals surface area contributed by atoms with Gasteiger partial charge in [0.1, 0.15) is 0 Å². The topological polar surface area (TPSA) is 24.6 Å². The summed E-state index contributed by atoms with van der Waals surface area (Å²) in [7, 11) is 6.48. The molecule has 1 aliphatic rings. The van der Waals surface area contributed by atoms with Crippen molar-refractivity contribution in [3.05, 3.63) is 24.0 Å². The maximum atomic E-state index is 5.72. The maximum absolute atomic E-state index is 5.72. The van der Waals surface area contributed by atoms with Crippen LogP contribution in [-0.2, 0) is 7.05 Å². The summed E-state index contributed by atoms with van der Waals surface area (Å²) < 4.78 is 2.24. The Morgan fingerprint density at radius 3 is 2.77 bits per heavy atom. The Labute approximate surface area is 140 Å². The molecule has 0 unspecified atom stereocenters. The van der Waals surface area contributed by atoms with Gasteiger partial charge in [-0.1, -0.05) is 6.92 Å². The first-order valence-electron chi connectivity index (χ1n) is 8.43. The van der Waals surface area contributed by atoms with Crippen molar-refractivity contribution in [2.45, 2.75) is 32.2 Å². The predicted octanol–water partition coefficient (Wildman–Crippen LogP) is 1.21. The molecule has 0 amide bonds. The molecule has 5 heteroatoms. The average Bonchev–Trinajstić information content (AvgIpc) is 2.77. The van der Waals surface area contributed by atoms with Crippen LogP contribution in [0.2, 0.25) is 0 Å². The highest BCUT2D eigenvalue weighted by atomic mass is 32.1. The van der Waals surface area contributed by atoms with E-state index in [-0.39, 0.29) is 0 Å². The van der Waals surface area contributed by atoms with E-state index >= 15 is 0 Å². The summed E-state index contributed by atoms with van der Waals surface area (Å²) in [6.45, 7) is 5.43. The molecule has 22 heavy (non-hydrogen) atoms. The molecule has 1 saturated heterocycles. The van der Waals surface area contributed by atoms with Gasteiger partial charge >= 0.3 is 0 Å². The molecule has 4 nitrogen and oxygen atoms in total. The first-order chi connectivity index (χ1) is 10.5. The number of hydrogen-bond acceptors (Lipinski definition) is 1. The molecule has 2 heterocycles. The lowest BCUT2D eigenvalue weighted by Crippen LogP contribution is -3.06. The fourth-order valence-electron chi connectivity index (χ4n) is 3.15. The van der Waals surface area contributed by atoms with Gasteiger partial charge in [-0.25, -0.2) is 0 Å². The van der Waals surface area contributed by atoms with Crippen molar-refractivity contribution in [1.29, 1.82) is 0 Å². The number of thiocarbonyl (C=S) groups is 1. The Morgan fingerprint density at radius 2 is 2.14 bits per heavy atom. The maximum Gasteiger partial charge on any atom is 0.169 e. The standard InChI is InChI=1S/C17H30N4S/c1-14-7-8-16(15-6-5-11-20(15)4)21(12-9-14)17(22)18-10-13-19(2)3/h5-6,11,14,16H,7-10,12-13H2,1-4H3,(H,18,22)/p+1/t14-,16-/m1/s1. The first-order valence-corrected chi connectivity index (χ1v) is 8.84. The molecule has 0 radical (unpaired) electrons. The molecule has 0 saturated carbocycles. The largest absolute Gasteiger partial charge is 0.357 e. The van der Waals surface area contributed by atoms with Crippen LogP contribution < -0.4 is 10.2 Å².